The van der Waals surface area contributed by atoms with E-state index in [9.17, 15) is 18.0 Å². The number of unbranched alkanes of at least 4 members (excludes halogenated alkanes) is 1. The summed E-state index contributed by atoms with van der Waals surface area (Å²) < 4.78 is 45.8. The third-order valence-electron chi connectivity index (χ3n) is 3.09. The fraction of sp³-hybridized carbons (Fsp3) is 0.917. The van der Waals surface area contributed by atoms with Crippen molar-refractivity contribution >= 4 is 5.97 Å². The molecule has 0 aromatic rings. The number of nitrogens with one attached hydrogen (secondary N) is 1. The minimum atomic E-state index is -4.33. The van der Waals surface area contributed by atoms with Crippen molar-refractivity contribution in [3.05, 3.63) is 0 Å². The minimum absolute atomic E-state index is 0.0155. The van der Waals surface area contributed by atoms with Crippen molar-refractivity contribution in [2.45, 2.75) is 50.9 Å². The van der Waals surface area contributed by atoms with Gasteiger partial charge in [0.25, 0.3) is 0 Å². The molecule has 0 fully saturated rings. The van der Waals surface area contributed by atoms with Crippen LogP contribution in [0, 0.1) is 0 Å². The molecule has 4 nitrogen and oxygen atoms in total. The molecule has 0 aliphatic rings. The van der Waals surface area contributed by atoms with Crippen LogP contribution in [0.1, 0.15) is 33.1 Å². The van der Waals surface area contributed by atoms with Crippen LogP contribution in [-0.2, 0) is 14.3 Å². The second-order valence-corrected chi connectivity index (χ2v) is 4.59. The zero-order chi connectivity index (χ0) is 15.1. The molecule has 0 aliphatic carbocycles. The number of carbonyl (C=O) groups excluding carboxylic acids is 1. The zero-order valence-electron chi connectivity index (χ0n) is 11.8. The van der Waals surface area contributed by atoms with Gasteiger partial charge in [0.2, 0.25) is 0 Å². The smallest absolute Gasteiger partial charge is 0.414 e. The predicted octanol–water partition coefficient (Wildman–Crippen LogP) is 2.28. The minimum Gasteiger partial charge on any atom is -0.468 e. The van der Waals surface area contributed by atoms with Gasteiger partial charge in [0.1, 0.15) is 5.54 Å². The third-order valence-corrected chi connectivity index (χ3v) is 3.09. The van der Waals surface area contributed by atoms with Gasteiger partial charge >= 0.3 is 12.1 Å². The summed E-state index contributed by atoms with van der Waals surface area (Å²) in [5.41, 5.74) is -0.815. The highest BCUT2D eigenvalue weighted by molar-refractivity contribution is 5.80. The number of methoxy groups -OCH3 is 1. The first kappa shape index (κ1) is 18.2. The van der Waals surface area contributed by atoms with Crippen LogP contribution in [0.4, 0.5) is 13.2 Å². The van der Waals surface area contributed by atoms with E-state index in [0.29, 0.717) is 19.3 Å². The molecule has 114 valence electrons. The van der Waals surface area contributed by atoms with Crippen molar-refractivity contribution in [3.8, 4) is 0 Å². The van der Waals surface area contributed by atoms with Crippen LogP contribution in [0.5, 0.6) is 0 Å². The maximum atomic E-state index is 12.2. The van der Waals surface area contributed by atoms with Crippen LogP contribution in [0.15, 0.2) is 0 Å². The van der Waals surface area contributed by atoms with Crippen molar-refractivity contribution in [2.24, 2.45) is 0 Å². The van der Waals surface area contributed by atoms with Gasteiger partial charge in [-0.2, -0.15) is 13.2 Å². The predicted molar refractivity (Wildman–Crippen MR) is 64.8 cm³/mol. The van der Waals surface area contributed by atoms with Crippen molar-refractivity contribution in [2.75, 3.05) is 20.8 Å². The van der Waals surface area contributed by atoms with Gasteiger partial charge in [-0.05, 0) is 40.2 Å². The first-order chi connectivity index (χ1) is 8.67. The molecule has 7 heteroatoms. The average molecular weight is 285 g/mol. The fourth-order valence-electron chi connectivity index (χ4n) is 1.49. The Balaban J connectivity index is 3.94. The van der Waals surface area contributed by atoms with Gasteiger partial charge in [0.15, 0.2) is 6.10 Å². The Bertz CT molecular complexity index is 284. The normalized spacial score (nSPS) is 16.8. The lowest BCUT2D eigenvalue weighted by molar-refractivity contribution is -0.214. The lowest BCUT2D eigenvalue weighted by atomic mass is 9.95. The molecular formula is C12H22F3NO3. The number of hydrogen-bond acceptors (Lipinski definition) is 4. The molecule has 0 aromatic carbocycles. The number of rotatable bonds is 8. The molecular weight excluding hydrogens is 263 g/mol. The van der Waals surface area contributed by atoms with Gasteiger partial charge in [-0.25, -0.2) is 0 Å². The van der Waals surface area contributed by atoms with E-state index >= 15 is 0 Å². The maximum Gasteiger partial charge on any atom is 0.414 e. The van der Waals surface area contributed by atoms with E-state index in [1.165, 1.54) is 7.11 Å². The molecule has 0 amide bonds. The fourth-order valence-corrected chi connectivity index (χ4v) is 1.49. The van der Waals surface area contributed by atoms with Crippen LogP contribution >= 0.6 is 0 Å². The van der Waals surface area contributed by atoms with E-state index in [1.807, 2.05) is 0 Å². The van der Waals surface area contributed by atoms with Crippen molar-refractivity contribution < 1.29 is 27.4 Å². The molecule has 0 radical (unpaired) electrons. The highest BCUT2D eigenvalue weighted by Gasteiger charge is 2.37. The van der Waals surface area contributed by atoms with Gasteiger partial charge in [-0.15, -0.1) is 0 Å². The van der Waals surface area contributed by atoms with Crippen LogP contribution < -0.4 is 5.32 Å². The Morgan fingerprint density at radius 2 is 1.89 bits per heavy atom. The molecule has 0 rings (SSSR count). The molecule has 0 aliphatic heterocycles. The van der Waals surface area contributed by atoms with Crippen molar-refractivity contribution in [1.29, 1.82) is 0 Å². The number of carbonyl (C=O) groups is 1. The maximum absolute atomic E-state index is 12.2. The second kappa shape index (κ2) is 7.69. The molecule has 0 spiro atoms. The van der Waals surface area contributed by atoms with Crippen LogP contribution in [-0.4, -0.2) is 44.6 Å². The van der Waals surface area contributed by atoms with E-state index < -0.39 is 17.8 Å². The van der Waals surface area contributed by atoms with Crippen LogP contribution in [0.2, 0.25) is 0 Å². The number of alkyl halides is 3. The molecule has 2 unspecified atom stereocenters. The van der Waals surface area contributed by atoms with Gasteiger partial charge in [-0.1, -0.05) is 0 Å². The lowest BCUT2D eigenvalue weighted by Gasteiger charge is -2.26. The lowest BCUT2D eigenvalue weighted by Crippen LogP contribution is -2.48. The summed E-state index contributed by atoms with van der Waals surface area (Å²) in [6.45, 7) is 2.69. The third kappa shape index (κ3) is 6.24. The van der Waals surface area contributed by atoms with Crippen LogP contribution in [0.25, 0.3) is 0 Å². The molecule has 0 bridgehead atoms. The second-order valence-electron chi connectivity index (χ2n) is 4.59. The van der Waals surface area contributed by atoms with E-state index in [-0.39, 0.29) is 12.6 Å². The average Bonchev–Trinajstić information content (AvgIpc) is 2.35. The van der Waals surface area contributed by atoms with E-state index in [2.05, 4.69) is 14.8 Å². The molecule has 0 saturated carbocycles. The summed E-state index contributed by atoms with van der Waals surface area (Å²) in [6, 6.07) is 0. The summed E-state index contributed by atoms with van der Waals surface area (Å²) in [7, 11) is 2.94. The monoisotopic (exact) mass is 285 g/mol. The topological polar surface area (TPSA) is 47.6 Å². The molecule has 0 saturated heterocycles. The Labute approximate surface area is 111 Å². The summed E-state index contributed by atoms with van der Waals surface area (Å²) in [5, 5.41) is 2.86. The Hall–Kier alpha value is -0.820. The molecule has 2 atom stereocenters. The Morgan fingerprint density at radius 3 is 2.32 bits per heavy atom. The Morgan fingerprint density at radius 1 is 1.32 bits per heavy atom. The summed E-state index contributed by atoms with van der Waals surface area (Å²) >= 11 is 0. The first-order valence-corrected chi connectivity index (χ1v) is 6.13. The Kier molecular flexibility index (Phi) is 7.36. The zero-order valence-corrected chi connectivity index (χ0v) is 11.8. The quantitative estimate of drug-likeness (QED) is 0.549. The van der Waals surface area contributed by atoms with Gasteiger partial charge in [0, 0.05) is 6.61 Å². The molecule has 19 heavy (non-hydrogen) atoms. The van der Waals surface area contributed by atoms with Crippen LogP contribution in [0.3, 0.4) is 0 Å². The highest BCUT2D eigenvalue weighted by Crippen LogP contribution is 2.22. The number of hydrogen-bond donors (Lipinski definition) is 1. The molecule has 0 aromatic heterocycles. The SMILES string of the molecule is CNC(C)(CCCCOC(C)C(F)(F)F)C(=O)OC. The highest BCUT2D eigenvalue weighted by atomic mass is 19.4. The van der Waals surface area contributed by atoms with Crippen molar-refractivity contribution in [3.63, 3.8) is 0 Å². The van der Waals surface area contributed by atoms with E-state index in [4.69, 9.17) is 0 Å². The number of halogens is 3. The summed E-state index contributed by atoms with van der Waals surface area (Å²) in [5.74, 6) is -0.389. The molecule has 0 heterocycles. The van der Waals surface area contributed by atoms with E-state index in [0.717, 1.165) is 6.92 Å². The number of ether oxygens (including phenoxy) is 2. The number of likely N-dealkylation sites (N-methyl/N-ethyl adjacent to an activating group) is 1. The summed E-state index contributed by atoms with van der Waals surface area (Å²) in [4.78, 5) is 11.5. The van der Waals surface area contributed by atoms with Gasteiger partial charge < -0.3 is 14.8 Å². The summed E-state index contributed by atoms with van der Waals surface area (Å²) in [6.07, 6.45) is -4.60. The van der Waals surface area contributed by atoms with Gasteiger partial charge in [-0.3, -0.25) is 4.79 Å². The van der Waals surface area contributed by atoms with E-state index in [1.54, 1.807) is 14.0 Å². The largest absolute Gasteiger partial charge is 0.468 e. The van der Waals surface area contributed by atoms with Gasteiger partial charge in [0.05, 0.1) is 7.11 Å². The standard InChI is InChI=1S/C12H22F3NO3/c1-9(12(13,14)15)19-8-6-5-7-11(2,16-3)10(17)18-4/h9,16H,5-8H2,1-4H3. The molecule has 1 N–H and O–H groups in total. The first-order valence-electron chi connectivity index (χ1n) is 6.13. The van der Waals surface area contributed by atoms with Crippen molar-refractivity contribution in [1.82, 2.24) is 5.32 Å². The number of esters is 1.